The third-order valence-corrected chi connectivity index (χ3v) is 3.02. The van der Waals surface area contributed by atoms with E-state index >= 15 is 0 Å². The summed E-state index contributed by atoms with van der Waals surface area (Å²) in [7, 11) is 0. The van der Waals surface area contributed by atoms with Gasteiger partial charge in [-0.05, 0) is 12.5 Å². The molecule has 0 aliphatic carbocycles. The number of ether oxygens (including phenoxy) is 1. The van der Waals surface area contributed by atoms with Gasteiger partial charge in [0.1, 0.15) is 5.75 Å². The molecule has 0 radical (unpaired) electrons. The Hall–Kier alpha value is -1.40. The molecule has 0 saturated heterocycles. The summed E-state index contributed by atoms with van der Waals surface area (Å²) in [6.45, 7) is 3.56. The molecule has 0 N–H and O–H groups in total. The van der Waals surface area contributed by atoms with E-state index in [9.17, 15) is 4.79 Å². The smallest absolute Gasteiger partial charge is 0.308 e. The van der Waals surface area contributed by atoms with E-state index in [-0.39, 0.29) is 11.2 Å². The molecule has 1 rings (SSSR count). The molecule has 3 heteroatoms. The van der Waals surface area contributed by atoms with Crippen LogP contribution in [0.3, 0.4) is 0 Å². The van der Waals surface area contributed by atoms with E-state index in [0.717, 1.165) is 18.4 Å². The fourth-order valence-electron chi connectivity index (χ4n) is 1.66. The van der Waals surface area contributed by atoms with Gasteiger partial charge in [-0.15, -0.1) is 5.92 Å². The number of unbranched alkanes of at least 4 members (excludes halogenated alkanes) is 3. The normalized spacial score (nSPS) is 11.3. The maximum absolute atomic E-state index is 11.0. The zero-order valence-electron chi connectivity index (χ0n) is 11.5. The predicted octanol–water partition coefficient (Wildman–Crippen LogP) is 4.17. The second kappa shape index (κ2) is 8.66. The van der Waals surface area contributed by atoms with Crippen LogP contribution in [0.5, 0.6) is 5.75 Å². The second-order valence-corrected chi connectivity index (χ2v) is 4.83. The molecule has 1 unspecified atom stereocenters. The fraction of sp³-hybridized carbons (Fsp3) is 0.438. The Kier molecular flexibility index (Phi) is 7.14. The number of carbonyl (C=O) groups excluding carboxylic acids is 1. The number of benzene rings is 1. The summed E-state index contributed by atoms with van der Waals surface area (Å²) in [6.07, 6.45) is 4.41. The van der Waals surface area contributed by atoms with E-state index in [2.05, 4.69) is 31.4 Å². The van der Waals surface area contributed by atoms with Gasteiger partial charge in [-0.25, -0.2) is 0 Å². The lowest BCUT2D eigenvalue weighted by atomic mass is 10.1. The zero-order chi connectivity index (χ0) is 14.1. The van der Waals surface area contributed by atoms with Crippen LogP contribution in [0, 0.1) is 11.8 Å². The highest BCUT2D eigenvalue weighted by molar-refractivity contribution is 7.80. The van der Waals surface area contributed by atoms with Crippen molar-refractivity contribution in [3.05, 3.63) is 29.8 Å². The van der Waals surface area contributed by atoms with Crippen molar-refractivity contribution in [2.24, 2.45) is 0 Å². The maximum Gasteiger partial charge on any atom is 0.308 e. The molecule has 0 saturated carbocycles. The van der Waals surface area contributed by atoms with Crippen molar-refractivity contribution in [1.29, 1.82) is 0 Å². The number of hydrogen-bond acceptors (Lipinski definition) is 3. The number of thiol groups is 1. The van der Waals surface area contributed by atoms with E-state index in [4.69, 9.17) is 4.74 Å². The van der Waals surface area contributed by atoms with Crippen LogP contribution in [-0.4, -0.2) is 5.97 Å². The van der Waals surface area contributed by atoms with Crippen LogP contribution in [0.4, 0.5) is 0 Å². The van der Waals surface area contributed by atoms with Crippen molar-refractivity contribution < 1.29 is 9.53 Å². The van der Waals surface area contributed by atoms with Gasteiger partial charge in [0.2, 0.25) is 0 Å². The van der Waals surface area contributed by atoms with Crippen LogP contribution in [0.1, 0.15) is 50.3 Å². The molecule has 0 aliphatic heterocycles. The first-order chi connectivity index (χ1) is 9.15. The number of rotatable bonds is 5. The van der Waals surface area contributed by atoms with Gasteiger partial charge >= 0.3 is 5.97 Å². The topological polar surface area (TPSA) is 26.3 Å². The van der Waals surface area contributed by atoms with Crippen LogP contribution < -0.4 is 4.74 Å². The Morgan fingerprint density at radius 1 is 1.37 bits per heavy atom. The number of carbonyl (C=O) groups is 1. The third-order valence-electron chi connectivity index (χ3n) is 2.61. The standard InChI is InChI=1S/C16H20O2S/c1-3-4-5-6-7-12-16(19)14-10-8-9-11-15(14)18-13(2)17/h8-11,16,19H,3-6H2,1-2H3. The lowest BCUT2D eigenvalue weighted by Gasteiger charge is -2.10. The molecule has 1 aromatic carbocycles. The van der Waals surface area contributed by atoms with Gasteiger partial charge in [-0.3, -0.25) is 4.79 Å². The summed E-state index contributed by atoms with van der Waals surface area (Å²) in [5.74, 6) is 6.44. The molecule has 0 bridgehead atoms. The van der Waals surface area contributed by atoms with Crippen molar-refractivity contribution in [3.63, 3.8) is 0 Å². The minimum Gasteiger partial charge on any atom is -0.426 e. The van der Waals surface area contributed by atoms with E-state index in [1.54, 1.807) is 6.07 Å². The van der Waals surface area contributed by atoms with E-state index in [1.807, 2.05) is 18.2 Å². The lowest BCUT2D eigenvalue weighted by molar-refractivity contribution is -0.131. The summed E-state index contributed by atoms with van der Waals surface area (Å²) < 4.78 is 5.16. The van der Waals surface area contributed by atoms with Crippen molar-refractivity contribution in [2.45, 2.75) is 44.8 Å². The quantitative estimate of drug-likeness (QED) is 0.287. The highest BCUT2D eigenvalue weighted by atomic mass is 32.1. The number of esters is 1. The average molecular weight is 276 g/mol. The number of para-hydroxylation sites is 1. The molecule has 0 fully saturated rings. The molecular formula is C16H20O2S. The van der Waals surface area contributed by atoms with Crippen molar-refractivity contribution in [1.82, 2.24) is 0 Å². The first-order valence-corrected chi connectivity index (χ1v) is 7.10. The van der Waals surface area contributed by atoms with Gasteiger partial charge in [0.05, 0.1) is 5.25 Å². The van der Waals surface area contributed by atoms with Crippen LogP contribution >= 0.6 is 12.6 Å². The van der Waals surface area contributed by atoms with Crippen LogP contribution in [-0.2, 0) is 4.79 Å². The Labute approximate surface area is 121 Å². The van der Waals surface area contributed by atoms with Crippen molar-refractivity contribution in [2.75, 3.05) is 0 Å². The second-order valence-electron chi connectivity index (χ2n) is 4.31. The summed E-state index contributed by atoms with van der Waals surface area (Å²) in [4.78, 5) is 11.0. The largest absolute Gasteiger partial charge is 0.426 e. The molecule has 102 valence electrons. The summed E-state index contributed by atoms with van der Waals surface area (Å²) in [6, 6.07) is 7.37. The van der Waals surface area contributed by atoms with Gasteiger partial charge in [-0.2, -0.15) is 12.6 Å². The van der Waals surface area contributed by atoms with E-state index in [1.165, 1.54) is 19.8 Å². The van der Waals surface area contributed by atoms with Crippen molar-refractivity contribution in [3.8, 4) is 17.6 Å². The molecule has 0 heterocycles. The minimum atomic E-state index is -0.330. The molecule has 0 aliphatic rings. The van der Waals surface area contributed by atoms with Crippen molar-refractivity contribution >= 4 is 18.6 Å². The average Bonchev–Trinajstić information content (AvgIpc) is 2.38. The van der Waals surface area contributed by atoms with Crippen LogP contribution in [0.2, 0.25) is 0 Å². The highest BCUT2D eigenvalue weighted by Gasteiger charge is 2.10. The predicted molar refractivity (Wildman–Crippen MR) is 81.4 cm³/mol. The summed E-state index contributed by atoms with van der Waals surface area (Å²) in [5.41, 5.74) is 0.837. The Morgan fingerprint density at radius 3 is 2.79 bits per heavy atom. The summed E-state index contributed by atoms with van der Waals surface area (Å²) in [5, 5.41) is -0.225. The Balaban J connectivity index is 2.70. The molecule has 19 heavy (non-hydrogen) atoms. The minimum absolute atomic E-state index is 0.225. The molecule has 0 aromatic heterocycles. The third kappa shape index (κ3) is 5.85. The monoisotopic (exact) mass is 276 g/mol. The van der Waals surface area contributed by atoms with Crippen LogP contribution in [0.15, 0.2) is 24.3 Å². The van der Waals surface area contributed by atoms with Crippen LogP contribution in [0.25, 0.3) is 0 Å². The first kappa shape index (κ1) is 15.7. The van der Waals surface area contributed by atoms with Gasteiger partial charge in [0, 0.05) is 18.9 Å². The molecule has 1 atom stereocenters. The van der Waals surface area contributed by atoms with E-state index < -0.39 is 0 Å². The SMILES string of the molecule is CCCCCC#CC(S)c1ccccc1OC(C)=O. The first-order valence-electron chi connectivity index (χ1n) is 6.59. The highest BCUT2D eigenvalue weighted by Crippen LogP contribution is 2.28. The van der Waals surface area contributed by atoms with Gasteiger partial charge in [0.15, 0.2) is 0 Å². The molecule has 0 amide bonds. The van der Waals surface area contributed by atoms with E-state index in [0.29, 0.717) is 5.75 Å². The Bertz CT molecular complexity index is 471. The van der Waals surface area contributed by atoms with Gasteiger partial charge < -0.3 is 4.74 Å². The number of hydrogen-bond donors (Lipinski definition) is 1. The fourth-order valence-corrected chi connectivity index (χ4v) is 1.97. The molecular weight excluding hydrogens is 256 g/mol. The molecule has 0 spiro atoms. The summed E-state index contributed by atoms with van der Waals surface area (Å²) >= 11 is 4.47. The molecule has 2 nitrogen and oxygen atoms in total. The lowest BCUT2D eigenvalue weighted by Crippen LogP contribution is -2.04. The maximum atomic E-state index is 11.0. The molecule has 1 aromatic rings. The van der Waals surface area contributed by atoms with Gasteiger partial charge in [0.25, 0.3) is 0 Å². The zero-order valence-corrected chi connectivity index (χ0v) is 12.4. The van der Waals surface area contributed by atoms with Gasteiger partial charge in [-0.1, -0.05) is 43.9 Å². The Morgan fingerprint density at radius 2 is 2.11 bits per heavy atom.